The Bertz CT molecular complexity index is 296. The molecule has 3 atom stereocenters. The van der Waals surface area contributed by atoms with Crippen LogP contribution in [0.3, 0.4) is 0 Å². The standard InChI is InChI=1S/C12H15OP/c13-9-10-5-4-8-12(10)14-11-6-2-1-3-7-11/h1-3,6-7,9-10,12,14H,4-5,8H2. The average Bonchev–Trinajstić information content (AvgIpc) is 2.67. The molecule has 0 N–H and O–H groups in total. The first-order valence-electron chi connectivity index (χ1n) is 5.17. The topological polar surface area (TPSA) is 17.1 Å². The Labute approximate surface area is 86.7 Å². The summed E-state index contributed by atoms with van der Waals surface area (Å²) in [4.78, 5) is 10.8. The van der Waals surface area contributed by atoms with Crippen LogP contribution in [0.2, 0.25) is 0 Å². The second-order valence-corrected chi connectivity index (χ2v) is 5.46. The molecule has 0 heterocycles. The summed E-state index contributed by atoms with van der Waals surface area (Å²) >= 11 is 0. The Kier molecular flexibility index (Phi) is 3.31. The zero-order valence-electron chi connectivity index (χ0n) is 8.15. The van der Waals surface area contributed by atoms with E-state index < -0.39 is 0 Å². The Morgan fingerprint density at radius 3 is 2.71 bits per heavy atom. The Morgan fingerprint density at radius 2 is 2.00 bits per heavy atom. The molecule has 0 aromatic heterocycles. The van der Waals surface area contributed by atoms with Gasteiger partial charge in [0.15, 0.2) is 0 Å². The summed E-state index contributed by atoms with van der Waals surface area (Å²) in [6.07, 6.45) is 4.73. The van der Waals surface area contributed by atoms with Crippen molar-refractivity contribution in [2.24, 2.45) is 5.92 Å². The van der Waals surface area contributed by atoms with E-state index in [-0.39, 0.29) is 0 Å². The largest absolute Gasteiger partial charge is 0.303 e. The molecule has 2 heteroatoms. The van der Waals surface area contributed by atoms with Gasteiger partial charge < -0.3 is 4.79 Å². The predicted molar refractivity (Wildman–Crippen MR) is 61.6 cm³/mol. The molecule has 1 saturated carbocycles. The van der Waals surface area contributed by atoms with Gasteiger partial charge in [0.2, 0.25) is 0 Å². The van der Waals surface area contributed by atoms with Gasteiger partial charge in [-0.2, -0.15) is 0 Å². The molecule has 0 saturated heterocycles. The molecule has 0 bridgehead atoms. The third-order valence-electron chi connectivity index (χ3n) is 2.87. The van der Waals surface area contributed by atoms with Gasteiger partial charge in [-0.15, -0.1) is 0 Å². The fourth-order valence-electron chi connectivity index (χ4n) is 2.08. The van der Waals surface area contributed by atoms with Crippen LogP contribution in [0.25, 0.3) is 0 Å². The molecule has 0 spiro atoms. The van der Waals surface area contributed by atoms with Crippen molar-refractivity contribution in [1.82, 2.24) is 0 Å². The molecule has 3 unspecified atom stereocenters. The van der Waals surface area contributed by atoms with Gasteiger partial charge in [-0.3, -0.25) is 0 Å². The summed E-state index contributed by atoms with van der Waals surface area (Å²) in [6, 6.07) is 10.5. The zero-order valence-corrected chi connectivity index (χ0v) is 9.15. The first-order valence-corrected chi connectivity index (χ1v) is 6.25. The highest BCUT2D eigenvalue weighted by molar-refractivity contribution is 7.48. The number of carbonyl (C=O) groups excluding carboxylic acids is 1. The van der Waals surface area contributed by atoms with E-state index in [4.69, 9.17) is 0 Å². The third kappa shape index (κ3) is 2.22. The molecule has 74 valence electrons. The van der Waals surface area contributed by atoms with Crippen molar-refractivity contribution in [3.8, 4) is 0 Å². The fraction of sp³-hybridized carbons (Fsp3) is 0.417. The molecule has 1 aromatic rings. The van der Waals surface area contributed by atoms with E-state index in [0.717, 1.165) is 21.3 Å². The predicted octanol–water partition coefficient (Wildman–Crippen LogP) is 2.36. The second-order valence-electron chi connectivity index (χ2n) is 3.85. The van der Waals surface area contributed by atoms with Crippen LogP contribution in [0.5, 0.6) is 0 Å². The normalized spacial score (nSPS) is 27.1. The Hall–Kier alpha value is -0.680. The number of hydrogen-bond donors (Lipinski definition) is 0. The Morgan fingerprint density at radius 1 is 1.21 bits per heavy atom. The molecular formula is C12H15OP. The van der Waals surface area contributed by atoms with Crippen LogP contribution in [0.1, 0.15) is 19.3 Å². The summed E-state index contributed by atoms with van der Waals surface area (Å²) < 4.78 is 0. The molecule has 0 aliphatic heterocycles. The van der Waals surface area contributed by atoms with Gasteiger partial charge in [-0.25, -0.2) is 0 Å². The maximum atomic E-state index is 10.8. The first kappa shape index (κ1) is 9.86. The van der Waals surface area contributed by atoms with E-state index in [9.17, 15) is 4.79 Å². The number of rotatable bonds is 3. The molecule has 1 nitrogen and oxygen atoms in total. The van der Waals surface area contributed by atoms with Gasteiger partial charge >= 0.3 is 0 Å². The quantitative estimate of drug-likeness (QED) is 0.548. The minimum absolute atomic E-state index is 0.327. The lowest BCUT2D eigenvalue weighted by molar-refractivity contribution is -0.110. The minimum atomic E-state index is 0.327. The van der Waals surface area contributed by atoms with Crippen molar-refractivity contribution < 1.29 is 4.79 Å². The maximum Gasteiger partial charge on any atom is 0.123 e. The molecule has 1 aromatic carbocycles. The van der Waals surface area contributed by atoms with E-state index in [1.807, 2.05) is 6.07 Å². The highest BCUT2D eigenvalue weighted by atomic mass is 31.1. The molecule has 0 radical (unpaired) electrons. The van der Waals surface area contributed by atoms with Crippen molar-refractivity contribution in [1.29, 1.82) is 0 Å². The van der Waals surface area contributed by atoms with Gasteiger partial charge in [0.25, 0.3) is 0 Å². The van der Waals surface area contributed by atoms with Crippen molar-refractivity contribution in [2.75, 3.05) is 0 Å². The van der Waals surface area contributed by atoms with Gasteiger partial charge in [0, 0.05) is 5.92 Å². The van der Waals surface area contributed by atoms with E-state index in [1.54, 1.807) is 0 Å². The van der Waals surface area contributed by atoms with Crippen molar-refractivity contribution >= 4 is 20.2 Å². The molecule has 1 fully saturated rings. The maximum absolute atomic E-state index is 10.8. The highest BCUT2D eigenvalue weighted by Crippen LogP contribution is 2.37. The summed E-state index contributed by atoms with van der Waals surface area (Å²) in [5, 5.41) is 1.39. The highest BCUT2D eigenvalue weighted by Gasteiger charge is 2.26. The van der Waals surface area contributed by atoms with Crippen molar-refractivity contribution in [3.63, 3.8) is 0 Å². The zero-order chi connectivity index (χ0) is 9.80. The van der Waals surface area contributed by atoms with Gasteiger partial charge in [0.05, 0.1) is 0 Å². The van der Waals surface area contributed by atoms with Crippen LogP contribution in [0.4, 0.5) is 0 Å². The van der Waals surface area contributed by atoms with Crippen molar-refractivity contribution in [2.45, 2.75) is 24.9 Å². The fourth-order valence-corrected chi connectivity index (χ4v) is 3.70. The summed E-state index contributed by atoms with van der Waals surface area (Å²) in [5.74, 6) is 0.327. The van der Waals surface area contributed by atoms with E-state index in [2.05, 4.69) is 24.3 Å². The number of benzene rings is 1. The second kappa shape index (κ2) is 4.70. The molecule has 1 aliphatic carbocycles. The first-order chi connectivity index (χ1) is 6.90. The van der Waals surface area contributed by atoms with Gasteiger partial charge in [-0.05, 0) is 23.8 Å². The lowest BCUT2D eigenvalue weighted by atomic mass is 10.1. The SMILES string of the molecule is O=CC1CCCC1Pc1ccccc1. The van der Waals surface area contributed by atoms with Crippen LogP contribution < -0.4 is 5.30 Å². The smallest absolute Gasteiger partial charge is 0.123 e. The lowest BCUT2D eigenvalue weighted by Crippen LogP contribution is -2.13. The summed E-state index contributed by atoms with van der Waals surface area (Å²) in [6.45, 7) is 0. The number of carbonyl (C=O) groups is 1. The lowest BCUT2D eigenvalue weighted by Gasteiger charge is -2.13. The van der Waals surface area contributed by atoms with Crippen LogP contribution in [-0.2, 0) is 4.79 Å². The van der Waals surface area contributed by atoms with E-state index >= 15 is 0 Å². The van der Waals surface area contributed by atoms with E-state index in [1.165, 1.54) is 18.1 Å². The van der Waals surface area contributed by atoms with Gasteiger partial charge in [-0.1, -0.05) is 45.3 Å². The third-order valence-corrected chi connectivity index (χ3v) is 4.62. The van der Waals surface area contributed by atoms with Gasteiger partial charge in [0.1, 0.15) is 6.29 Å². The Balaban J connectivity index is 2.00. The van der Waals surface area contributed by atoms with E-state index in [0.29, 0.717) is 11.6 Å². The molecule has 2 rings (SSSR count). The molecule has 14 heavy (non-hydrogen) atoms. The number of hydrogen-bond acceptors (Lipinski definition) is 1. The molecule has 0 amide bonds. The van der Waals surface area contributed by atoms with Crippen molar-refractivity contribution in [3.05, 3.63) is 30.3 Å². The van der Waals surface area contributed by atoms with Crippen LogP contribution >= 0.6 is 8.58 Å². The minimum Gasteiger partial charge on any atom is -0.303 e. The van der Waals surface area contributed by atoms with Crippen LogP contribution in [0.15, 0.2) is 30.3 Å². The van der Waals surface area contributed by atoms with Crippen LogP contribution in [-0.4, -0.2) is 11.9 Å². The summed E-state index contributed by atoms with van der Waals surface area (Å²) in [7, 11) is 0.814. The molecule has 1 aliphatic rings. The average molecular weight is 206 g/mol. The summed E-state index contributed by atoms with van der Waals surface area (Å²) in [5.41, 5.74) is 0.620. The van der Waals surface area contributed by atoms with Crippen LogP contribution in [0, 0.1) is 5.92 Å². The molecular weight excluding hydrogens is 191 g/mol. The monoisotopic (exact) mass is 206 g/mol. The number of aldehydes is 1.